The van der Waals surface area contributed by atoms with Crippen molar-refractivity contribution in [1.29, 1.82) is 0 Å². The number of carbonyl (C=O) groups excluding carboxylic acids is 2. The van der Waals surface area contributed by atoms with Gasteiger partial charge in [0.05, 0.1) is 24.6 Å². The van der Waals surface area contributed by atoms with Crippen molar-refractivity contribution in [2.45, 2.75) is 27.2 Å². The minimum atomic E-state index is -0.337. The van der Waals surface area contributed by atoms with Crippen LogP contribution in [0.2, 0.25) is 5.02 Å². The second-order valence-electron chi connectivity index (χ2n) is 6.98. The zero-order valence-electron chi connectivity index (χ0n) is 15.9. The van der Waals surface area contributed by atoms with E-state index < -0.39 is 0 Å². The van der Waals surface area contributed by atoms with Crippen molar-refractivity contribution in [1.82, 2.24) is 0 Å². The number of carbonyl (C=O) groups is 2. The molecule has 0 spiro atoms. The van der Waals surface area contributed by atoms with E-state index in [0.717, 1.165) is 22.4 Å². The number of benzene rings is 2. The molecule has 2 atom stereocenters. The molecule has 2 aromatic rings. The largest absolute Gasteiger partial charge is 0.495 e. The lowest BCUT2D eigenvalue weighted by Crippen LogP contribution is -2.21. The molecule has 0 bridgehead atoms. The molecule has 6 heteroatoms. The van der Waals surface area contributed by atoms with Crippen molar-refractivity contribution in [3.63, 3.8) is 0 Å². The highest BCUT2D eigenvalue weighted by Crippen LogP contribution is 2.41. The van der Waals surface area contributed by atoms with Crippen LogP contribution in [0.4, 0.5) is 11.4 Å². The summed E-state index contributed by atoms with van der Waals surface area (Å²) in [5.41, 5.74) is 4.34. The van der Waals surface area contributed by atoms with E-state index in [2.05, 4.69) is 10.6 Å². The number of amides is 2. The molecule has 0 aliphatic heterocycles. The van der Waals surface area contributed by atoms with Gasteiger partial charge in [0, 0.05) is 16.8 Å². The van der Waals surface area contributed by atoms with Gasteiger partial charge in [-0.05, 0) is 56.0 Å². The predicted octanol–water partition coefficient (Wildman–Crippen LogP) is 4.49. The summed E-state index contributed by atoms with van der Waals surface area (Å²) in [6, 6.07) is 9.22. The highest BCUT2D eigenvalue weighted by Gasteiger charge is 2.48. The van der Waals surface area contributed by atoms with E-state index in [0.29, 0.717) is 22.9 Å². The fourth-order valence-electron chi connectivity index (χ4n) is 3.04. The second-order valence-corrected chi connectivity index (χ2v) is 7.38. The Kier molecular flexibility index (Phi) is 5.42. The van der Waals surface area contributed by atoms with Crippen molar-refractivity contribution in [3.05, 3.63) is 52.0 Å². The molecule has 0 saturated heterocycles. The maximum absolute atomic E-state index is 12.5. The van der Waals surface area contributed by atoms with Gasteiger partial charge < -0.3 is 15.4 Å². The number of rotatable bonds is 5. The lowest BCUT2D eigenvalue weighted by Gasteiger charge is -2.12. The Morgan fingerprint density at radius 2 is 1.63 bits per heavy atom. The van der Waals surface area contributed by atoms with E-state index in [9.17, 15) is 9.59 Å². The van der Waals surface area contributed by atoms with Crippen LogP contribution in [0.5, 0.6) is 5.75 Å². The Hall–Kier alpha value is -2.53. The molecule has 5 nitrogen and oxygen atoms in total. The van der Waals surface area contributed by atoms with E-state index in [1.165, 1.54) is 7.11 Å². The summed E-state index contributed by atoms with van der Waals surface area (Å²) in [6.45, 7) is 5.83. The minimum Gasteiger partial charge on any atom is -0.495 e. The molecule has 2 unspecified atom stereocenters. The molecule has 2 N–H and O–H groups in total. The standard InChI is InChI=1S/C21H23ClN2O3/c1-11-6-5-7-17(13(11)3)23-20(25)14-9-15(14)21(26)24-18-8-12(2)16(22)10-19(18)27-4/h5-8,10,14-15H,9H2,1-4H3,(H,23,25)(H,24,26). The SMILES string of the molecule is COc1cc(Cl)c(C)cc1NC(=O)C1CC1C(=O)Nc1cccc(C)c1C. The highest BCUT2D eigenvalue weighted by atomic mass is 35.5. The fraction of sp³-hybridized carbons (Fsp3) is 0.333. The first-order valence-corrected chi connectivity index (χ1v) is 9.21. The molecule has 0 radical (unpaired) electrons. The first-order chi connectivity index (χ1) is 12.8. The van der Waals surface area contributed by atoms with Gasteiger partial charge in [-0.3, -0.25) is 9.59 Å². The molecule has 1 aliphatic rings. The molecule has 1 aliphatic carbocycles. The molecular formula is C21H23ClN2O3. The van der Waals surface area contributed by atoms with Crippen LogP contribution in [-0.2, 0) is 9.59 Å². The Bertz CT molecular complexity index is 911. The number of nitrogens with one attached hydrogen (secondary N) is 2. The summed E-state index contributed by atoms with van der Waals surface area (Å²) < 4.78 is 5.28. The average Bonchev–Trinajstić information content (AvgIpc) is 3.43. The van der Waals surface area contributed by atoms with Crippen LogP contribution < -0.4 is 15.4 Å². The number of aryl methyl sites for hydroxylation is 2. The molecule has 0 heterocycles. The van der Waals surface area contributed by atoms with Crippen LogP contribution >= 0.6 is 11.6 Å². The molecule has 27 heavy (non-hydrogen) atoms. The van der Waals surface area contributed by atoms with Gasteiger partial charge in [-0.25, -0.2) is 0 Å². The summed E-state index contributed by atoms with van der Waals surface area (Å²) in [6.07, 6.45) is 0.539. The van der Waals surface area contributed by atoms with Crippen LogP contribution in [0.3, 0.4) is 0 Å². The molecule has 1 saturated carbocycles. The molecule has 2 amide bonds. The van der Waals surface area contributed by atoms with Gasteiger partial charge in [-0.15, -0.1) is 0 Å². The van der Waals surface area contributed by atoms with Crippen LogP contribution in [-0.4, -0.2) is 18.9 Å². The topological polar surface area (TPSA) is 67.4 Å². The summed E-state index contributed by atoms with van der Waals surface area (Å²) in [4.78, 5) is 25.0. The number of methoxy groups -OCH3 is 1. The molecule has 2 aromatic carbocycles. The highest BCUT2D eigenvalue weighted by molar-refractivity contribution is 6.31. The summed E-state index contributed by atoms with van der Waals surface area (Å²) in [7, 11) is 1.52. The van der Waals surface area contributed by atoms with E-state index in [-0.39, 0.29) is 23.7 Å². The number of hydrogen-bond donors (Lipinski definition) is 2. The lowest BCUT2D eigenvalue weighted by atomic mass is 10.1. The van der Waals surface area contributed by atoms with Crippen LogP contribution in [0, 0.1) is 32.6 Å². The van der Waals surface area contributed by atoms with E-state index in [1.807, 2.05) is 39.0 Å². The third-order valence-corrected chi connectivity index (χ3v) is 5.47. The zero-order valence-corrected chi connectivity index (χ0v) is 16.6. The zero-order chi connectivity index (χ0) is 19.7. The Balaban J connectivity index is 1.65. The monoisotopic (exact) mass is 386 g/mol. The average molecular weight is 387 g/mol. The molecule has 142 valence electrons. The summed E-state index contributed by atoms with van der Waals surface area (Å²) in [5, 5.41) is 6.37. The molecule has 3 rings (SSSR count). The third-order valence-electron chi connectivity index (χ3n) is 5.07. The van der Waals surface area contributed by atoms with Crippen LogP contribution in [0.15, 0.2) is 30.3 Å². The molecular weight excluding hydrogens is 364 g/mol. The van der Waals surface area contributed by atoms with Crippen LogP contribution in [0.1, 0.15) is 23.1 Å². The van der Waals surface area contributed by atoms with Gasteiger partial charge in [0.1, 0.15) is 5.75 Å². The van der Waals surface area contributed by atoms with Crippen molar-refractivity contribution < 1.29 is 14.3 Å². The van der Waals surface area contributed by atoms with Gasteiger partial charge in [-0.2, -0.15) is 0 Å². The first kappa shape index (κ1) is 19.2. The molecule has 0 aromatic heterocycles. The van der Waals surface area contributed by atoms with Crippen molar-refractivity contribution in [3.8, 4) is 5.75 Å². The Labute approximate surface area is 164 Å². The van der Waals surface area contributed by atoms with Gasteiger partial charge in [-0.1, -0.05) is 23.7 Å². The third kappa shape index (κ3) is 4.08. The van der Waals surface area contributed by atoms with E-state index in [1.54, 1.807) is 12.1 Å². The predicted molar refractivity (Wildman–Crippen MR) is 108 cm³/mol. The molecule has 1 fully saturated rings. The summed E-state index contributed by atoms with van der Waals surface area (Å²) in [5.74, 6) is -0.463. The number of ether oxygens (including phenoxy) is 1. The maximum Gasteiger partial charge on any atom is 0.228 e. The minimum absolute atomic E-state index is 0.122. The van der Waals surface area contributed by atoms with Gasteiger partial charge in [0.25, 0.3) is 0 Å². The Morgan fingerprint density at radius 1 is 1.00 bits per heavy atom. The smallest absolute Gasteiger partial charge is 0.228 e. The van der Waals surface area contributed by atoms with Crippen molar-refractivity contribution in [2.75, 3.05) is 17.7 Å². The quantitative estimate of drug-likeness (QED) is 0.795. The number of halogens is 1. The van der Waals surface area contributed by atoms with E-state index >= 15 is 0 Å². The second kappa shape index (κ2) is 7.61. The number of anilines is 2. The normalized spacial score (nSPS) is 18.0. The van der Waals surface area contributed by atoms with Crippen LogP contribution in [0.25, 0.3) is 0 Å². The lowest BCUT2D eigenvalue weighted by molar-refractivity contribution is -0.122. The van der Waals surface area contributed by atoms with Crippen molar-refractivity contribution in [2.24, 2.45) is 11.8 Å². The van der Waals surface area contributed by atoms with E-state index in [4.69, 9.17) is 16.3 Å². The van der Waals surface area contributed by atoms with Crippen molar-refractivity contribution >= 4 is 34.8 Å². The fourth-order valence-corrected chi connectivity index (χ4v) is 3.20. The summed E-state index contributed by atoms with van der Waals surface area (Å²) >= 11 is 6.10. The Morgan fingerprint density at radius 3 is 2.26 bits per heavy atom. The maximum atomic E-state index is 12.5. The van der Waals surface area contributed by atoms with Gasteiger partial charge >= 0.3 is 0 Å². The number of hydrogen-bond acceptors (Lipinski definition) is 3. The van der Waals surface area contributed by atoms with Gasteiger partial charge in [0.2, 0.25) is 11.8 Å². The van der Waals surface area contributed by atoms with Gasteiger partial charge in [0.15, 0.2) is 0 Å². The first-order valence-electron chi connectivity index (χ1n) is 8.84.